The van der Waals surface area contributed by atoms with Gasteiger partial charge in [-0.3, -0.25) is 4.79 Å². The molecule has 1 aromatic carbocycles. The first kappa shape index (κ1) is 13.7. The lowest BCUT2D eigenvalue weighted by molar-refractivity contribution is 0.0228. The van der Waals surface area contributed by atoms with Gasteiger partial charge in [-0.1, -0.05) is 6.07 Å². The zero-order valence-electron chi connectivity index (χ0n) is 11.6. The number of para-hydroxylation sites is 1. The van der Waals surface area contributed by atoms with Crippen LogP contribution in [-0.4, -0.2) is 38.3 Å². The summed E-state index contributed by atoms with van der Waals surface area (Å²) in [6.07, 6.45) is 0. The minimum Gasteiger partial charge on any atom is -0.489 e. The first-order chi connectivity index (χ1) is 9.03. The largest absolute Gasteiger partial charge is 0.489 e. The fourth-order valence-corrected chi connectivity index (χ4v) is 1.81. The highest BCUT2D eigenvalue weighted by Crippen LogP contribution is 2.31. The first-order valence-corrected chi connectivity index (χ1v) is 6.36. The fourth-order valence-electron chi connectivity index (χ4n) is 1.81. The fraction of sp³-hybridized carbons (Fsp3) is 0.500. The average molecular weight is 264 g/mol. The van der Waals surface area contributed by atoms with Crippen LogP contribution in [0.5, 0.6) is 5.75 Å². The highest BCUT2D eigenvalue weighted by Gasteiger charge is 2.22. The van der Waals surface area contributed by atoms with Gasteiger partial charge < -0.3 is 20.1 Å². The Labute approximate surface area is 113 Å². The molecule has 0 saturated carbocycles. The lowest BCUT2D eigenvalue weighted by atomic mass is 10.1. The highest BCUT2D eigenvalue weighted by molar-refractivity contribution is 5.99. The Hall–Kier alpha value is -1.75. The van der Waals surface area contributed by atoms with Gasteiger partial charge in [0.05, 0.1) is 16.9 Å². The molecule has 0 atom stereocenters. The van der Waals surface area contributed by atoms with Crippen molar-refractivity contribution in [3.8, 4) is 5.75 Å². The Bertz CT molecular complexity index is 472. The minimum atomic E-state index is -0.385. The summed E-state index contributed by atoms with van der Waals surface area (Å²) in [4.78, 5) is 12.2. The van der Waals surface area contributed by atoms with Gasteiger partial charge in [-0.15, -0.1) is 0 Å². The van der Waals surface area contributed by atoms with Crippen molar-refractivity contribution >= 4 is 11.6 Å². The molecule has 1 heterocycles. The monoisotopic (exact) mass is 264 g/mol. The maximum Gasteiger partial charge on any atom is 0.255 e. The van der Waals surface area contributed by atoms with E-state index in [0.29, 0.717) is 24.5 Å². The molecule has 104 valence electrons. The number of benzene rings is 1. The third kappa shape index (κ3) is 3.17. The molecule has 0 spiro atoms. The van der Waals surface area contributed by atoms with Crippen LogP contribution in [0.15, 0.2) is 18.2 Å². The first-order valence-electron chi connectivity index (χ1n) is 6.36. The molecule has 19 heavy (non-hydrogen) atoms. The maximum absolute atomic E-state index is 12.2. The second-order valence-corrected chi connectivity index (χ2v) is 5.10. The summed E-state index contributed by atoms with van der Waals surface area (Å²) in [5.74, 6) is 0.479. The van der Waals surface area contributed by atoms with Crippen LogP contribution in [0.25, 0.3) is 0 Å². The van der Waals surface area contributed by atoms with Crippen LogP contribution < -0.4 is 15.4 Å². The number of anilines is 1. The number of ether oxygens (including phenoxy) is 2. The second-order valence-electron chi connectivity index (χ2n) is 5.10. The van der Waals surface area contributed by atoms with Crippen molar-refractivity contribution < 1.29 is 14.3 Å². The van der Waals surface area contributed by atoms with Crippen LogP contribution in [0, 0.1) is 0 Å². The van der Waals surface area contributed by atoms with Crippen molar-refractivity contribution in [3.63, 3.8) is 0 Å². The molecule has 1 aliphatic heterocycles. The summed E-state index contributed by atoms with van der Waals surface area (Å²) >= 11 is 0. The van der Waals surface area contributed by atoms with E-state index in [4.69, 9.17) is 9.47 Å². The van der Waals surface area contributed by atoms with Crippen LogP contribution in [-0.2, 0) is 4.74 Å². The third-order valence-electron chi connectivity index (χ3n) is 3.15. The van der Waals surface area contributed by atoms with Gasteiger partial charge in [-0.25, -0.2) is 0 Å². The number of methoxy groups -OCH3 is 1. The van der Waals surface area contributed by atoms with Crippen LogP contribution in [0.3, 0.4) is 0 Å². The molecule has 0 radical (unpaired) electrons. The van der Waals surface area contributed by atoms with E-state index in [1.165, 1.54) is 0 Å². The predicted molar refractivity (Wildman–Crippen MR) is 73.8 cm³/mol. The second kappa shape index (κ2) is 5.48. The lowest BCUT2D eigenvalue weighted by Crippen LogP contribution is -2.40. The maximum atomic E-state index is 12.2. The number of hydrogen-bond acceptors (Lipinski definition) is 4. The summed E-state index contributed by atoms with van der Waals surface area (Å²) in [6.45, 7) is 5.62. The zero-order valence-corrected chi connectivity index (χ0v) is 11.6. The molecule has 0 saturated heterocycles. The molecular formula is C14H20N2O3. The number of carbonyl (C=O) groups excluding carboxylic acids is 1. The normalized spacial score (nSPS) is 14.1. The van der Waals surface area contributed by atoms with E-state index in [2.05, 4.69) is 10.6 Å². The zero-order chi connectivity index (χ0) is 13.9. The highest BCUT2D eigenvalue weighted by atomic mass is 16.5. The SMILES string of the molecule is COC(C)(C)CNC(=O)c1cccc2c1OCCN2. The standard InChI is InChI=1S/C14H20N2O3/c1-14(2,18-3)9-16-13(17)10-5-4-6-11-12(10)19-8-7-15-11/h4-6,15H,7-9H2,1-3H3,(H,16,17). The molecule has 0 aliphatic carbocycles. The number of amides is 1. The summed E-state index contributed by atoms with van der Waals surface area (Å²) in [5, 5.41) is 6.08. The molecule has 1 aromatic rings. The Morgan fingerprint density at radius 1 is 1.53 bits per heavy atom. The molecule has 0 aromatic heterocycles. The van der Waals surface area contributed by atoms with E-state index >= 15 is 0 Å². The van der Waals surface area contributed by atoms with E-state index in [-0.39, 0.29) is 11.5 Å². The van der Waals surface area contributed by atoms with Crippen molar-refractivity contribution in [1.82, 2.24) is 5.32 Å². The molecule has 2 rings (SSSR count). The van der Waals surface area contributed by atoms with Gasteiger partial charge in [-0.05, 0) is 26.0 Å². The van der Waals surface area contributed by atoms with E-state index in [9.17, 15) is 4.79 Å². The van der Waals surface area contributed by atoms with E-state index in [0.717, 1.165) is 12.2 Å². The number of hydrogen-bond donors (Lipinski definition) is 2. The summed E-state index contributed by atoms with van der Waals surface area (Å²) in [6, 6.07) is 5.52. The van der Waals surface area contributed by atoms with Gasteiger partial charge in [-0.2, -0.15) is 0 Å². The van der Waals surface area contributed by atoms with Gasteiger partial charge in [0.2, 0.25) is 0 Å². The Morgan fingerprint density at radius 3 is 3.05 bits per heavy atom. The van der Waals surface area contributed by atoms with Crippen LogP contribution in [0.2, 0.25) is 0 Å². The minimum absolute atomic E-state index is 0.148. The molecule has 0 bridgehead atoms. The summed E-state index contributed by atoms with van der Waals surface area (Å²) < 4.78 is 10.9. The van der Waals surface area contributed by atoms with E-state index in [1.54, 1.807) is 13.2 Å². The number of fused-ring (bicyclic) bond motifs is 1. The Balaban J connectivity index is 2.11. The lowest BCUT2D eigenvalue weighted by Gasteiger charge is -2.24. The summed E-state index contributed by atoms with van der Waals surface area (Å²) in [7, 11) is 1.63. The van der Waals surface area contributed by atoms with E-state index < -0.39 is 0 Å². The molecular weight excluding hydrogens is 244 g/mol. The number of nitrogens with one attached hydrogen (secondary N) is 2. The topological polar surface area (TPSA) is 59.6 Å². The smallest absolute Gasteiger partial charge is 0.255 e. The quantitative estimate of drug-likeness (QED) is 0.868. The average Bonchev–Trinajstić information content (AvgIpc) is 2.44. The number of rotatable bonds is 4. The third-order valence-corrected chi connectivity index (χ3v) is 3.15. The Morgan fingerprint density at radius 2 is 2.32 bits per heavy atom. The Kier molecular flexibility index (Phi) is 3.95. The predicted octanol–water partition coefficient (Wildman–Crippen LogP) is 1.65. The molecule has 0 unspecified atom stereocenters. The van der Waals surface area contributed by atoms with Crippen molar-refractivity contribution in [2.75, 3.05) is 32.1 Å². The van der Waals surface area contributed by atoms with Gasteiger partial charge >= 0.3 is 0 Å². The van der Waals surface area contributed by atoms with Crippen molar-refractivity contribution in [2.45, 2.75) is 19.4 Å². The van der Waals surface area contributed by atoms with Gasteiger partial charge in [0.1, 0.15) is 6.61 Å². The van der Waals surface area contributed by atoms with Crippen LogP contribution >= 0.6 is 0 Å². The van der Waals surface area contributed by atoms with Crippen LogP contribution in [0.4, 0.5) is 5.69 Å². The molecule has 1 aliphatic rings. The van der Waals surface area contributed by atoms with Crippen LogP contribution in [0.1, 0.15) is 24.2 Å². The molecule has 2 N–H and O–H groups in total. The van der Waals surface area contributed by atoms with Crippen molar-refractivity contribution in [3.05, 3.63) is 23.8 Å². The van der Waals surface area contributed by atoms with Gasteiger partial charge in [0, 0.05) is 20.2 Å². The molecule has 0 fully saturated rings. The van der Waals surface area contributed by atoms with Crippen molar-refractivity contribution in [1.29, 1.82) is 0 Å². The molecule has 5 heteroatoms. The summed E-state index contributed by atoms with van der Waals surface area (Å²) in [5.41, 5.74) is 1.03. The van der Waals surface area contributed by atoms with Gasteiger partial charge in [0.25, 0.3) is 5.91 Å². The number of carbonyl (C=O) groups is 1. The van der Waals surface area contributed by atoms with Crippen molar-refractivity contribution in [2.24, 2.45) is 0 Å². The van der Waals surface area contributed by atoms with E-state index in [1.807, 2.05) is 26.0 Å². The molecule has 1 amide bonds. The van der Waals surface area contributed by atoms with Gasteiger partial charge in [0.15, 0.2) is 5.75 Å². The molecule has 5 nitrogen and oxygen atoms in total.